The Morgan fingerprint density at radius 3 is 2.17 bits per heavy atom. The van der Waals surface area contributed by atoms with E-state index in [2.05, 4.69) is 60.7 Å². The first kappa shape index (κ1) is 37.8. The number of nitrogens with one attached hydrogen (secondary N) is 1. The van der Waals surface area contributed by atoms with Crippen LogP contribution in [0, 0.1) is 0 Å². The number of amides is 1. The molecule has 4 atom stereocenters. The molecule has 0 spiro atoms. The molecule has 0 bridgehead atoms. The number of rotatable bonds is 13. The molecule has 12 nitrogen and oxygen atoms in total. The lowest BCUT2D eigenvalue weighted by molar-refractivity contribution is -0.0930. The van der Waals surface area contributed by atoms with E-state index in [-0.39, 0.29) is 24.1 Å². The van der Waals surface area contributed by atoms with Crippen molar-refractivity contribution in [3.05, 3.63) is 127 Å². The number of aliphatic hydroxyl groups is 1. The highest BCUT2D eigenvalue weighted by Gasteiger charge is 2.52. The SMILES string of the molecule is C=CCOC(=O)Nc1ncnc2c1ncn2[C@@H]1O[C@H](COC(c2ccccc2)(c2ccccc2)c2ccc(OC)cc2)[C@@H](O[Si](C)(C)C(C)(C)C)[C@H]1O. The molecule has 1 aliphatic heterocycles. The number of carbonyl (C=O) groups excluding carboxylic acids is 1. The fraction of sp³-hybridized carbons (Fsp3) is 0.350. The van der Waals surface area contributed by atoms with Crippen LogP contribution in [0.4, 0.5) is 10.6 Å². The number of aromatic nitrogens is 4. The van der Waals surface area contributed by atoms with Gasteiger partial charge in [0.05, 0.1) is 20.0 Å². The van der Waals surface area contributed by atoms with Crippen LogP contribution in [0.1, 0.15) is 43.7 Å². The van der Waals surface area contributed by atoms with Crippen molar-refractivity contribution in [2.75, 3.05) is 25.6 Å². The van der Waals surface area contributed by atoms with Crippen LogP contribution >= 0.6 is 0 Å². The van der Waals surface area contributed by atoms with E-state index in [0.717, 1.165) is 22.4 Å². The van der Waals surface area contributed by atoms with Gasteiger partial charge in [-0.25, -0.2) is 19.7 Å². The zero-order valence-corrected chi connectivity index (χ0v) is 31.9. The lowest BCUT2D eigenvalue weighted by Crippen LogP contribution is -2.50. The Balaban J connectivity index is 1.41. The van der Waals surface area contributed by atoms with Crippen LogP contribution in [-0.4, -0.2) is 77.7 Å². The topological polar surface area (TPSA) is 139 Å². The van der Waals surface area contributed by atoms with Gasteiger partial charge in [0.25, 0.3) is 0 Å². The van der Waals surface area contributed by atoms with Crippen LogP contribution in [0.5, 0.6) is 5.75 Å². The molecule has 2 N–H and O–H groups in total. The number of methoxy groups -OCH3 is 1. The zero-order valence-electron chi connectivity index (χ0n) is 30.9. The Hall–Kier alpha value is -4.92. The van der Waals surface area contributed by atoms with Gasteiger partial charge in [0, 0.05) is 0 Å². The predicted molar refractivity (Wildman–Crippen MR) is 204 cm³/mol. The summed E-state index contributed by atoms with van der Waals surface area (Å²) in [5.74, 6) is 0.874. The number of anilines is 1. The molecule has 5 aromatic rings. The summed E-state index contributed by atoms with van der Waals surface area (Å²) in [6.07, 6.45) is -0.0225. The van der Waals surface area contributed by atoms with Gasteiger partial charge in [0.2, 0.25) is 0 Å². The lowest BCUT2D eigenvalue weighted by Gasteiger charge is -2.41. The Kier molecular flexibility index (Phi) is 11.1. The second-order valence-corrected chi connectivity index (χ2v) is 19.2. The number of fused-ring (bicyclic) bond motifs is 1. The van der Waals surface area contributed by atoms with Gasteiger partial charge >= 0.3 is 6.09 Å². The predicted octanol–water partition coefficient (Wildman–Crippen LogP) is 7.23. The van der Waals surface area contributed by atoms with Crippen LogP contribution in [-0.2, 0) is 24.2 Å². The van der Waals surface area contributed by atoms with E-state index in [1.807, 2.05) is 84.9 Å². The van der Waals surface area contributed by atoms with Gasteiger partial charge in [0.1, 0.15) is 42.6 Å². The van der Waals surface area contributed by atoms with E-state index >= 15 is 0 Å². The third-order valence-electron chi connectivity index (χ3n) is 10.1. The smallest absolute Gasteiger partial charge is 0.413 e. The van der Waals surface area contributed by atoms with Crippen LogP contribution < -0.4 is 10.1 Å². The van der Waals surface area contributed by atoms with E-state index in [0.29, 0.717) is 11.2 Å². The molecule has 0 saturated carbocycles. The Morgan fingerprint density at radius 2 is 1.58 bits per heavy atom. The molecule has 1 saturated heterocycles. The minimum absolute atomic E-state index is 0.0317. The summed E-state index contributed by atoms with van der Waals surface area (Å²) in [4.78, 5) is 25.5. The minimum Gasteiger partial charge on any atom is -0.497 e. The summed E-state index contributed by atoms with van der Waals surface area (Å²) in [6, 6.07) is 27.9. The van der Waals surface area contributed by atoms with Crippen molar-refractivity contribution >= 4 is 31.4 Å². The first-order valence-electron chi connectivity index (χ1n) is 17.5. The van der Waals surface area contributed by atoms with Crippen molar-refractivity contribution in [2.24, 2.45) is 0 Å². The van der Waals surface area contributed by atoms with Gasteiger partial charge in [0.15, 0.2) is 31.5 Å². The summed E-state index contributed by atoms with van der Waals surface area (Å²) in [6.45, 7) is 14.4. The summed E-state index contributed by atoms with van der Waals surface area (Å²) in [5, 5.41) is 14.6. The van der Waals surface area contributed by atoms with Gasteiger partial charge in [-0.1, -0.05) is 106 Å². The minimum atomic E-state index is -2.47. The van der Waals surface area contributed by atoms with E-state index in [1.54, 1.807) is 11.7 Å². The van der Waals surface area contributed by atoms with Gasteiger partial charge in [-0.05, 0) is 47.0 Å². The highest BCUT2D eigenvalue weighted by atomic mass is 28.4. The van der Waals surface area contributed by atoms with E-state index in [1.165, 1.54) is 18.7 Å². The second-order valence-electron chi connectivity index (χ2n) is 14.4. The van der Waals surface area contributed by atoms with Gasteiger partial charge in [-0.15, -0.1) is 0 Å². The molecule has 278 valence electrons. The number of hydrogen-bond donors (Lipinski definition) is 2. The van der Waals surface area contributed by atoms with Crippen LogP contribution in [0.25, 0.3) is 11.2 Å². The number of nitrogens with zero attached hydrogens (tertiary/aromatic N) is 4. The maximum absolute atomic E-state index is 12.3. The van der Waals surface area contributed by atoms with Gasteiger partial charge in [-0.2, -0.15) is 0 Å². The number of ether oxygens (including phenoxy) is 4. The fourth-order valence-electron chi connectivity index (χ4n) is 6.27. The lowest BCUT2D eigenvalue weighted by atomic mass is 9.80. The van der Waals surface area contributed by atoms with Crippen molar-refractivity contribution in [1.82, 2.24) is 19.5 Å². The Labute approximate surface area is 310 Å². The summed E-state index contributed by atoms with van der Waals surface area (Å²) in [7, 11) is -0.827. The van der Waals surface area contributed by atoms with Crippen LogP contribution in [0.15, 0.2) is 110 Å². The molecule has 3 heterocycles. The number of aliphatic hydroxyl groups excluding tert-OH is 1. The van der Waals surface area contributed by atoms with E-state index < -0.39 is 44.6 Å². The van der Waals surface area contributed by atoms with Gasteiger partial charge < -0.3 is 28.5 Å². The number of carbonyl (C=O) groups is 1. The standard InChI is InChI=1S/C40H47N5O7Si/c1-8-23-49-38(47)44-35-32-36(42-25-41-35)45(26-43-32)37-33(46)34(52-53(6,7)39(2,3)4)31(51-37)24-50-40(27-15-11-9-12-16-27,28-17-13-10-14-18-28)29-19-21-30(48-5)22-20-29/h8-22,25-26,31,33-34,37,46H,1,23-24H2,2-7H3,(H,41,42,44,47)/t31-,33-,34-,37-/m1/s1. The molecule has 0 aliphatic carbocycles. The maximum atomic E-state index is 12.3. The molecule has 6 rings (SSSR count). The highest BCUT2D eigenvalue weighted by molar-refractivity contribution is 6.74. The quantitative estimate of drug-likeness (QED) is 0.0723. The number of hydrogen-bond acceptors (Lipinski definition) is 10. The molecule has 0 unspecified atom stereocenters. The molecule has 53 heavy (non-hydrogen) atoms. The van der Waals surface area contributed by atoms with Crippen molar-refractivity contribution in [2.45, 2.75) is 69.0 Å². The molecular formula is C40H47N5O7Si. The van der Waals surface area contributed by atoms with Crippen molar-refractivity contribution in [3.8, 4) is 5.75 Å². The Morgan fingerprint density at radius 1 is 0.962 bits per heavy atom. The first-order chi connectivity index (χ1) is 25.4. The largest absolute Gasteiger partial charge is 0.497 e. The molecule has 0 radical (unpaired) electrons. The third-order valence-corrected chi connectivity index (χ3v) is 14.5. The average molecular weight is 738 g/mol. The fourth-order valence-corrected chi connectivity index (χ4v) is 7.60. The monoisotopic (exact) mass is 737 g/mol. The summed E-state index contributed by atoms with van der Waals surface area (Å²) in [5.41, 5.74) is 2.29. The third kappa shape index (κ3) is 7.62. The van der Waals surface area contributed by atoms with Crippen molar-refractivity contribution in [3.63, 3.8) is 0 Å². The maximum Gasteiger partial charge on any atom is 0.413 e. The first-order valence-corrected chi connectivity index (χ1v) is 20.4. The molecule has 2 aromatic heterocycles. The molecule has 1 fully saturated rings. The molecule has 13 heteroatoms. The van der Waals surface area contributed by atoms with Crippen LogP contribution in [0.2, 0.25) is 18.1 Å². The van der Waals surface area contributed by atoms with Gasteiger partial charge in [-0.3, -0.25) is 9.88 Å². The van der Waals surface area contributed by atoms with Crippen molar-refractivity contribution < 1.29 is 33.3 Å². The molecule has 1 amide bonds. The normalized spacial score (nSPS) is 19.2. The van der Waals surface area contributed by atoms with E-state index in [4.69, 9.17) is 23.4 Å². The Bertz CT molecular complexity index is 1960. The second kappa shape index (κ2) is 15.6. The highest BCUT2D eigenvalue weighted by Crippen LogP contribution is 2.45. The average Bonchev–Trinajstić information content (AvgIpc) is 3.72. The zero-order chi connectivity index (χ0) is 37.8. The van der Waals surface area contributed by atoms with Crippen molar-refractivity contribution in [1.29, 1.82) is 0 Å². The summed E-state index contributed by atoms with van der Waals surface area (Å²) < 4.78 is 33.1. The number of benzene rings is 3. The van der Waals surface area contributed by atoms with Crippen LogP contribution in [0.3, 0.4) is 0 Å². The van der Waals surface area contributed by atoms with E-state index in [9.17, 15) is 9.90 Å². The molecular weight excluding hydrogens is 691 g/mol. The summed E-state index contributed by atoms with van der Waals surface area (Å²) >= 11 is 0. The molecule has 1 aliphatic rings. The number of imidazole rings is 1. The molecule has 3 aromatic carbocycles.